The van der Waals surface area contributed by atoms with Crippen LogP contribution in [0.2, 0.25) is 0 Å². The zero-order valence-corrected chi connectivity index (χ0v) is 12.8. The molecule has 1 aromatic heterocycles. The number of nitrogen functional groups attached to an aromatic ring is 1. The van der Waals surface area contributed by atoms with E-state index in [9.17, 15) is 0 Å². The van der Waals surface area contributed by atoms with Crippen molar-refractivity contribution < 1.29 is 0 Å². The highest BCUT2D eigenvalue weighted by molar-refractivity contribution is 8.00. The number of thioether (sulfide) groups is 1. The van der Waals surface area contributed by atoms with E-state index in [4.69, 9.17) is 5.73 Å². The summed E-state index contributed by atoms with van der Waals surface area (Å²) in [4.78, 5) is 10.9. The predicted octanol–water partition coefficient (Wildman–Crippen LogP) is 2.21. The summed E-state index contributed by atoms with van der Waals surface area (Å²) in [5, 5.41) is 3.27. The molecule has 0 amide bonds. The summed E-state index contributed by atoms with van der Waals surface area (Å²) in [5.41, 5.74) is 5.81. The number of aromatic nitrogens is 2. The molecule has 19 heavy (non-hydrogen) atoms. The third-order valence-corrected chi connectivity index (χ3v) is 4.33. The molecule has 0 aromatic carbocycles. The molecule has 1 aliphatic rings. The number of hydrogen-bond acceptors (Lipinski definition) is 6. The molecular weight excluding hydrogens is 258 g/mol. The highest BCUT2D eigenvalue weighted by atomic mass is 32.2. The van der Waals surface area contributed by atoms with E-state index in [1.54, 1.807) is 0 Å². The summed E-state index contributed by atoms with van der Waals surface area (Å²) in [6.45, 7) is 9.56. The lowest BCUT2D eigenvalue weighted by Gasteiger charge is -2.38. The summed E-state index contributed by atoms with van der Waals surface area (Å²) in [7, 11) is 0. The van der Waals surface area contributed by atoms with Gasteiger partial charge in [0.25, 0.3) is 0 Å². The predicted molar refractivity (Wildman–Crippen MR) is 84.0 cm³/mol. The van der Waals surface area contributed by atoms with Crippen LogP contribution in [0.3, 0.4) is 0 Å². The van der Waals surface area contributed by atoms with E-state index >= 15 is 0 Å². The quantitative estimate of drug-likeness (QED) is 0.882. The molecule has 0 atom stereocenters. The normalized spacial score (nSPS) is 18.4. The van der Waals surface area contributed by atoms with Crippen LogP contribution in [-0.4, -0.2) is 40.1 Å². The average Bonchev–Trinajstić information content (AvgIpc) is 2.34. The molecule has 0 aliphatic carbocycles. The lowest BCUT2D eigenvalue weighted by molar-refractivity contribution is 0.642. The molecule has 0 saturated carbocycles. The van der Waals surface area contributed by atoms with Crippen LogP contribution in [0.1, 0.15) is 27.2 Å². The molecule has 1 aromatic rings. The Balaban J connectivity index is 2.16. The standard InChI is InChI=1S/C13H23N5S/c1-4-5-15-10-8-11(17-12(14)16-10)18-6-7-19-13(2,3)9-18/h8H,4-7,9H2,1-3H3,(H3,14,15,16,17). The minimum absolute atomic E-state index is 0.259. The van der Waals surface area contributed by atoms with Crippen molar-refractivity contribution in [3.8, 4) is 0 Å². The van der Waals surface area contributed by atoms with Crippen molar-refractivity contribution in [2.24, 2.45) is 0 Å². The lowest BCUT2D eigenvalue weighted by Crippen LogP contribution is -2.43. The van der Waals surface area contributed by atoms with Crippen molar-refractivity contribution in [2.45, 2.75) is 31.9 Å². The van der Waals surface area contributed by atoms with Gasteiger partial charge in [-0.15, -0.1) is 0 Å². The van der Waals surface area contributed by atoms with Crippen LogP contribution < -0.4 is 16.0 Å². The largest absolute Gasteiger partial charge is 0.370 e. The van der Waals surface area contributed by atoms with Crippen LogP contribution in [0.5, 0.6) is 0 Å². The molecule has 2 heterocycles. The van der Waals surface area contributed by atoms with E-state index in [1.807, 2.05) is 17.8 Å². The fourth-order valence-corrected chi connectivity index (χ4v) is 3.28. The first-order valence-corrected chi connectivity index (χ1v) is 7.76. The maximum absolute atomic E-state index is 5.81. The number of nitrogens with two attached hydrogens (primary N) is 1. The van der Waals surface area contributed by atoms with Crippen LogP contribution >= 0.6 is 11.8 Å². The van der Waals surface area contributed by atoms with Crippen molar-refractivity contribution in [3.05, 3.63) is 6.07 Å². The van der Waals surface area contributed by atoms with Crippen LogP contribution in [-0.2, 0) is 0 Å². The van der Waals surface area contributed by atoms with Crippen molar-refractivity contribution in [3.63, 3.8) is 0 Å². The van der Waals surface area contributed by atoms with Gasteiger partial charge in [0.1, 0.15) is 11.6 Å². The van der Waals surface area contributed by atoms with Gasteiger partial charge in [-0.05, 0) is 20.3 Å². The van der Waals surface area contributed by atoms with Crippen LogP contribution in [0, 0.1) is 0 Å². The van der Waals surface area contributed by atoms with Gasteiger partial charge in [-0.1, -0.05) is 6.92 Å². The topological polar surface area (TPSA) is 67.1 Å². The number of nitrogens with one attached hydrogen (secondary N) is 1. The summed E-state index contributed by atoms with van der Waals surface area (Å²) >= 11 is 2.01. The summed E-state index contributed by atoms with van der Waals surface area (Å²) < 4.78 is 0.259. The monoisotopic (exact) mass is 281 g/mol. The van der Waals surface area contributed by atoms with E-state index in [2.05, 4.69) is 41.0 Å². The first-order valence-electron chi connectivity index (χ1n) is 6.77. The molecular formula is C13H23N5S. The minimum Gasteiger partial charge on any atom is -0.370 e. The van der Waals surface area contributed by atoms with E-state index < -0.39 is 0 Å². The van der Waals surface area contributed by atoms with Crippen molar-refractivity contribution in [1.29, 1.82) is 0 Å². The van der Waals surface area contributed by atoms with Gasteiger partial charge in [0.15, 0.2) is 0 Å². The lowest BCUT2D eigenvalue weighted by atomic mass is 10.2. The fourth-order valence-electron chi connectivity index (χ4n) is 2.17. The second kappa shape index (κ2) is 5.86. The second-order valence-electron chi connectivity index (χ2n) is 5.43. The molecule has 106 valence electrons. The molecule has 1 fully saturated rings. The van der Waals surface area contributed by atoms with E-state index in [0.717, 1.165) is 43.4 Å². The smallest absolute Gasteiger partial charge is 0.223 e. The Morgan fingerprint density at radius 2 is 2.26 bits per heavy atom. The second-order valence-corrected chi connectivity index (χ2v) is 7.23. The maximum atomic E-state index is 5.81. The molecule has 0 spiro atoms. The first-order chi connectivity index (χ1) is 9.00. The zero-order chi connectivity index (χ0) is 13.9. The Labute approximate surface area is 119 Å². The van der Waals surface area contributed by atoms with Gasteiger partial charge in [0.2, 0.25) is 5.95 Å². The van der Waals surface area contributed by atoms with Gasteiger partial charge in [-0.3, -0.25) is 0 Å². The SMILES string of the molecule is CCCNc1cc(N2CCSC(C)(C)C2)nc(N)n1. The molecule has 5 nitrogen and oxygen atoms in total. The molecule has 2 rings (SSSR count). The Kier molecular flexibility index (Phi) is 4.39. The van der Waals surface area contributed by atoms with Crippen molar-refractivity contribution in [1.82, 2.24) is 9.97 Å². The number of anilines is 3. The van der Waals surface area contributed by atoms with Gasteiger partial charge in [0.05, 0.1) is 0 Å². The van der Waals surface area contributed by atoms with Crippen LogP contribution in [0.25, 0.3) is 0 Å². The van der Waals surface area contributed by atoms with Crippen LogP contribution in [0.15, 0.2) is 6.07 Å². The number of nitrogens with zero attached hydrogens (tertiary/aromatic N) is 3. The Morgan fingerprint density at radius 1 is 1.47 bits per heavy atom. The summed E-state index contributed by atoms with van der Waals surface area (Å²) in [6.07, 6.45) is 1.06. The number of rotatable bonds is 4. The van der Waals surface area contributed by atoms with Gasteiger partial charge in [-0.2, -0.15) is 21.7 Å². The van der Waals surface area contributed by atoms with E-state index in [0.29, 0.717) is 5.95 Å². The van der Waals surface area contributed by atoms with Crippen molar-refractivity contribution >= 4 is 29.3 Å². The molecule has 0 radical (unpaired) electrons. The van der Waals surface area contributed by atoms with E-state index in [-0.39, 0.29) is 4.75 Å². The Morgan fingerprint density at radius 3 is 2.95 bits per heavy atom. The zero-order valence-electron chi connectivity index (χ0n) is 11.9. The van der Waals surface area contributed by atoms with Gasteiger partial charge in [0, 0.05) is 36.2 Å². The highest BCUT2D eigenvalue weighted by Gasteiger charge is 2.28. The Bertz CT molecular complexity index is 435. The van der Waals surface area contributed by atoms with Crippen LogP contribution in [0.4, 0.5) is 17.6 Å². The molecule has 6 heteroatoms. The summed E-state index contributed by atoms with van der Waals surface area (Å²) in [5.74, 6) is 3.21. The third-order valence-electron chi connectivity index (χ3n) is 3.04. The highest BCUT2D eigenvalue weighted by Crippen LogP contribution is 2.32. The third kappa shape index (κ3) is 3.89. The first kappa shape index (κ1) is 14.2. The molecule has 0 bridgehead atoms. The molecule has 1 aliphatic heterocycles. The van der Waals surface area contributed by atoms with Crippen molar-refractivity contribution in [2.75, 3.05) is 41.3 Å². The fraction of sp³-hybridized carbons (Fsp3) is 0.692. The summed E-state index contributed by atoms with van der Waals surface area (Å²) in [6, 6.07) is 2.00. The Hall–Kier alpha value is -1.17. The molecule has 0 unspecified atom stereocenters. The van der Waals surface area contributed by atoms with Gasteiger partial charge < -0.3 is 16.0 Å². The molecule has 1 saturated heterocycles. The molecule has 3 N–H and O–H groups in total. The van der Waals surface area contributed by atoms with Gasteiger partial charge in [-0.25, -0.2) is 0 Å². The number of hydrogen-bond donors (Lipinski definition) is 2. The van der Waals surface area contributed by atoms with Gasteiger partial charge >= 0.3 is 0 Å². The maximum Gasteiger partial charge on any atom is 0.223 e. The van der Waals surface area contributed by atoms with E-state index in [1.165, 1.54) is 0 Å². The minimum atomic E-state index is 0.259. The average molecular weight is 281 g/mol.